The number of phenolic OH excluding ortho intramolecular Hbond substituents is 2. The molecule has 0 radical (unpaired) electrons. The summed E-state index contributed by atoms with van der Waals surface area (Å²) < 4.78 is 28.6. The summed E-state index contributed by atoms with van der Waals surface area (Å²) in [5.74, 6) is -0.947. The van der Waals surface area contributed by atoms with Gasteiger partial charge in [-0.2, -0.15) is 0 Å². The van der Waals surface area contributed by atoms with E-state index in [1.165, 1.54) is 25.1 Å². The molecule has 0 aromatic heterocycles. The molecule has 3 aliphatic rings. The lowest BCUT2D eigenvalue weighted by Gasteiger charge is -2.45. The summed E-state index contributed by atoms with van der Waals surface area (Å²) in [6.45, 7) is 0.716. The van der Waals surface area contributed by atoms with Crippen molar-refractivity contribution in [1.29, 1.82) is 0 Å². The molecule has 0 saturated carbocycles. The van der Waals surface area contributed by atoms with Gasteiger partial charge in [0.15, 0.2) is 18.2 Å². The summed E-state index contributed by atoms with van der Waals surface area (Å²) in [5, 5.41) is 81.6. The van der Waals surface area contributed by atoms with Crippen molar-refractivity contribution in [1.82, 2.24) is 0 Å². The summed E-state index contributed by atoms with van der Waals surface area (Å²) in [4.78, 5) is 12.9. The molecule has 11 atom stereocenters. The molecule has 2 fully saturated rings. The Balaban J connectivity index is 1.41. The quantitative estimate of drug-likeness (QED) is 0.202. The third kappa shape index (κ3) is 5.70. The first-order chi connectivity index (χ1) is 19.5. The average molecular weight is 581 g/mol. The highest BCUT2D eigenvalue weighted by Crippen LogP contribution is 2.43. The first-order valence-electron chi connectivity index (χ1n) is 13.0. The van der Waals surface area contributed by atoms with Gasteiger partial charge in [-0.25, -0.2) is 0 Å². The number of aromatic hydroxyl groups is 2. The maximum Gasteiger partial charge on any atom is 0.229 e. The van der Waals surface area contributed by atoms with Crippen LogP contribution < -0.4 is 9.47 Å². The van der Waals surface area contributed by atoms with Crippen molar-refractivity contribution in [2.75, 3.05) is 6.61 Å². The van der Waals surface area contributed by atoms with Crippen LogP contribution >= 0.6 is 0 Å². The minimum atomic E-state index is -1.75. The van der Waals surface area contributed by atoms with Crippen molar-refractivity contribution in [3.05, 3.63) is 47.5 Å². The molecule has 2 saturated heterocycles. The number of ketones is 1. The van der Waals surface area contributed by atoms with Crippen molar-refractivity contribution in [3.8, 4) is 23.0 Å². The van der Waals surface area contributed by atoms with Crippen LogP contribution in [0.25, 0.3) is 0 Å². The lowest BCUT2D eigenvalue weighted by Crippen LogP contribution is -2.64. The van der Waals surface area contributed by atoms with Gasteiger partial charge in [-0.15, -0.1) is 0 Å². The number of hydrogen-bond acceptors (Lipinski definition) is 14. The van der Waals surface area contributed by atoms with Gasteiger partial charge < -0.3 is 64.5 Å². The fourth-order valence-corrected chi connectivity index (χ4v) is 5.07. The molecule has 224 valence electrons. The smallest absolute Gasteiger partial charge is 0.229 e. The van der Waals surface area contributed by atoms with Crippen LogP contribution in [0.4, 0.5) is 0 Å². The fraction of sp³-hybridized carbons (Fsp3) is 0.519. The van der Waals surface area contributed by atoms with Gasteiger partial charge in [-0.3, -0.25) is 4.79 Å². The van der Waals surface area contributed by atoms with Crippen molar-refractivity contribution < 1.29 is 69.3 Å². The molecular formula is C27H32O14. The number of rotatable bonds is 6. The Morgan fingerprint density at radius 3 is 2.27 bits per heavy atom. The predicted molar refractivity (Wildman–Crippen MR) is 134 cm³/mol. The fourth-order valence-electron chi connectivity index (χ4n) is 5.07. The van der Waals surface area contributed by atoms with E-state index in [0.717, 1.165) is 6.07 Å². The molecule has 2 aromatic carbocycles. The van der Waals surface area contributed by atoms with Crippen molar-refractivity contribution >= 4 is 5.78 Å². The number of carbonyl (C=O) groups is 1. The third-order valence-corrected chi connectivity index (χ3v) is 7.42. The number of carbonyl (C=O) groups excluding carboxylic acids is 1. The Morgan fingerprint density at radius 2 is 1.59 bits per heavy atom. The minimum absolute atomic E-state index is 0.0149. The van der Waals surface area contributed by atoms with E-state index in [0.29, 0.717) is 5.56 Å². The zero-order chi connectivity index (χ0) is 29.6. The summed E-state index contributed by atoms with van der Waals surface area (Å²) in [6, 6.07) is 8.50. The van der Waals surface area contributed by atoms with Crippen molar-refractivity contribution in [3.63, 3.8) is 0 Å². The SMILES string of the molecule is C[C@@H]1O[C@@H](OC2C(Oc3cc(O)c4c(c3)OC(c3ccc(O)cc3)CC4=O)OC(CO)C(O)C2O)[C@H](O)[C@H](O)[C@H]1O. The van der Waals surface area contributed by atoms with E-state index in [-0.39, 0.29) is 29.2 Å². The van der Waals surface area contributed by atoms with E-state index in [4.69, 9.17) is 23.7 Å². The third-order valence-electron chi connectivity index (χ3n) is 7.42. The molecule has 0 amide bonds. The molecule has 3 aliphatic heterocycles. The van der Waals surface area contributed by atoms with Gasteiger partial charge in [0.05, 0.1) is 19.1 Å². The first-order valence-corrected chi connectivity index (χ1v) is 13.0. The van der Waals surface area contributed by atoms with Crippen LogP contribution in [0.15, 0.2) is 36.4 Å². The van der Waals surface area contributed by atoms with Gasteiger partial charge in [0.1, 0.15) is 71.3 Å². The van der Waals surface area contributed by atoms with Crippen molar-refractivity contribution in [2.45, 2.75) is 80.9 Å². The Bertz CT molecular complexity index is 1240. The summed E-state index contributed by atoms with van der Waals surface area (Å²) >= 11 is 0. The minimum Gasteiger partial charge on any atom is -0.508 e. The number of aliphatic hydroxyl groups is 6. The molecule has 2 aromatic rings. The Morgan fingerprint density at radius 1 is 0.878 bits per heavy atom. The summed E-state index contributed by atoms with van der Waals surface area (Å²) in [6.07, 6.45) is -16.0. The highest BCUT2D eigenvalue weighted by Gasteiger charge is 2.51. The van der Waals surface area contributed by atoms with E-state index in [1.807, 2.05) is 0 Å². The first kappa shape index (κ1) is 29.4. The summed E-state index contributed by atoms with van der Waals surface area (Å²) in [7, 11) is 0. The lowest BCUT2D eigenvalue weighted by molar-refractivity contribution is -0.354. The lowest BCUT2D eigenvalue weighted by atomic mass is 9.95. The number of ether oxygens (including phenoxy) is 5. The van der Waals surface area contributed by atoms with Gasteiger partial charge >= 0.3 is 0 Å². The van der Waals surface area contributed by atoms with Crippen LogP contribution in [0, 0.1) is 0 Å². The van der Waals surface area contributed by atoms with E-state index >= 15 is 0 Å². The molecule has 41 heavy (non-hydrogen) atoms. The summed E-state index contributed by atoms with van der Waals surface area (Å²) in [5.41, 5.74) is 0.529. The molecule has 5 rings (SSSR count). The second kappa shape index (κ2) is 11.7. The van der Waals surface area contributed by atoms with Gasteiger partial charge in [0.25, 0.3) is 0 Å². The number of benzene rings is 2. The Kier molecular flexibility index (Phi) is 8.39. The molecule has 14 nitrogen and oxygen atoms in total. The zero-order valence-corrected chi connectivity index (χ0v) is 21.8. The van der Waals surface area contributed by atoms with Crippen molar-refractivity contribution in [2.24, 2.45) is 0 Å². The molecule has 3 heterocycles. The normalized spacial score (nSPS) is 37.2. The van der Waals surface area contributed by atoms with Crippen LogP contribution in [0.2, 0.25) is 0 Å². The molecule has 14 heteroatoms. The molecule has 0 spiro atoms. The monoisotopic (exact) mass is 580 g/mol. The highest BCUT2D eigenvalue weighted by atomic mass is 16.8. The van der Waals surface area contributed by atoms with E-state index < -0.39 is 85.7 Å². The average Bonchev–Trinajstić information content (AvgIpc) is 2.94. The number of Topliss-reactive ketones (excluding diaryl/α,β-unsaturated/α-hetero) is 1. The van der Waals surface area contributed by atoms with Crippen LogP contribution in [-0.2, 0) is 14.2 Å². The Hall–Kier alpha value is -3.05. The molecule has 6 unspecified atom stereocenters. The largest absolute Gasteiger partial charge is 0.508 e. The van der Waals surface area contributed by atoms with Crippen LogP contribution in [0.5, 0.6) is 23.0 Å². The topological polar surface area (TPSA) is 225 Å². The number of hydrogen-bond donors (Lipinski definition) is 8. The van der Waals surface area contributed by atoms with Gasteiger partial charge in [-0.05, 0) is 24.6 Å². The molecule has 0 aliphatic carbocycles. The van der Waals surface area contributed by atoms with E-state index in [9.17, 15) is 45.6 Å². The Labute approximate surface area is 233 Å². The van der Waals surface area contributed by atoms with Gasteiger partial charge in [0, 0.05) is 12.1 Å². The van der Waals surface area contributed by atoms with Crippen LogP contribution in [-0.4, -0.2) is 115 Å². The number of fused-ring (bicyclic) bond motifs is 1. The number of aliphatic hydroxyl groups excluding tert-OH is 6. The highest BCUT2D eigenvalue weighted by molar-refractivity contribution is 6.02. The predicted octanol–water partition coefficient (Wildman–Crippen LogP) is -1.17. The number of phenols is 2. The zero-order valence-electron chi connectivity index (χ0n) is 21.8. The maximum absolute atomic E-state index is 12.9. The van der Waals surface area contributed by atoms with Crippen LogP contribution in [0.3, 0.4) is 0 Å². The van der Waals surface area contributed by atoms with Crippen LogP contribution in [0.1, 0.15) is 35.4 Å². The molecule has 8 N–H and O–H groups in total. The van der Waals surface area contributed by atoms with E-state index in [1.54, 1.807) is 12.1 Å². The standard InChI is InChI=1S/C27H32O14/c1-10-20(32)22(34)24(36)26(37-10)41-25-23(35)21(33)18(9-28)40-27(25)38-13-6-14(30)19-15(31)8-16(39-17(19)7-13)11-2-4-12(29)5-3-11/h2-7,10,16,18,20-30,32-36H,8-9H2,1H3/t10-,16?,18?,20-,21?,22+,23?,24+,25?,26-,27?/m0/s1. The van der Waals surface area contributed by atoms with Gasteiger partial charge in [0.2, 0.25) is 6.29 Å². The maximum atomic E-state index is 12.9. The molecular weight excluding hydrogens is 548 g/mol. The van der Waals surface area contributed by atoms with Gasteiger partial charge in [-0.1, -0.05) is 12.1 Å². The second-order valence-corrected chi connectivity index (χ2v) is 10.2. The van der Waals surface area contributed by atoms with E-state index in [2.05, 4.69) is 0 Å². The second-order valence-electron chi connectivity index (χ2n) is 10.2. The molecule has 0 bridgehead atoms.